The summed E-state index contributed by atoms with van der Waals surface area (Å²) in [5.74, 6) is -0.337. The zero-order valence-electron chi connectivity index (χ0n) is 23.8. The fraction of sp³-hybridized carbons (Fsp3) is 0.294. The van der Waals surface area contributed by atoms with E-state index >= 15 is 0 Å². The van der Waals surface area contributed by atoms with E-state index in [0.29, 0.717) is 46.9 Å². The van der Waals surface area contributed by atoms with Crippen molar-refractivity contribution in [1.29, 1.82) is 0 Å². The molecule has 0 aromatic heterocycles. The molecule has 0 saturated heterocycles. The van der Waals surface area contributed by atoms with Crippen LogP contribution in [0.1, 0.15) is 41.9 Å². The summed E-state index contributed by atoms with van der Waals surface area (Å²) in [6.07, 6.45) is 3.04. The van der Waals surface area contributed by atoms with Crippen molar-refractivity contribution < 1.29 is 28.5 Å². The Bertz CT molecular complexity index is 1450. The highest BCUT2D eigenvalue weighted by atomic mass is 16.5. The van der Waals surface area contributed by atoms with Crippen LogP contribution in [0.2, 0.25) is 0 Å². The molecule has 2 aliphatic rings. The number of Topliss-reactive ketones (excluding diaryl/α,β-unsaturated/α-hetero) is 1. The Labute approximate surface area is 240 Å². The van der Waals surface area contributed by atoms with Crippen molar-refractivity contribution in [3.05, 3.63) is 113 Å². The fourth-order valence-electron chi connectivity index (χ4n) is 5.88. The molecule has 0 amide bonds. The zero-order valence-corrected chi connectivity index (χ0v) is 23.8. The number of ether oxygens (including phenoxy) is 4. The second-order valence-corrected chi connectivity index (χ2v) is 10.3. The SMILES string of the molecule is COc1cc(C2C(C(=O)OCCc3ccccc3)=C(C)NC3=CC(c4ccccc4)CC(=O)C32)cc(OC)c1OC. The molecule has 1 aliphatic carbocycles. The Balaban J connectivity index is 1.57. The van der Waals surface area contributed by atoms with Crippen molar-refractivity contribution >= 4 is 11.8 Å². The van der Waals surface area contributed by atoms with Crippen LogP contribution >= 0.6 is 0 Å². The third-order valence-electron chi connectivity index (χ3n) is 7.82. The lowest BCUT2D eigenvalue weighted by Crippen LogP contribution is -2.42. The highest BCUT2D eigenvalue weighted by Gasteiger charge is 2.45. The van der Waals surface area contributed by atoms with E-state index in [4.69, 9.17) is 18.9 Å². The van der Waals surface area contributed by atoms with E-state index in [2.05, 4.69) is 11.4 Å². The number of nitrogens with one attached hydrogen (secondary N) is 1. The minimum atomic E-state index is -0.607. The Hall–Kier alpha value is -4.52. The van der Waals surface area contributed by atoms with Gasteiger partial charge < -0.3 is 24.3 Å². The third kappa shape index (κ3) is 5.71. The fourth-order valence-corrected chi connectivity index (χ4v) is 5.88. The molecule has 41 heavy (non-hydrogen) atoms. The predicted octanol–water partition coefficient (Wildman–Crippen LogP) is 5.72. The standard InChI is InChI=1S/C34H35NO6/c1-21-30(34(37)41-16-15-22-11-7-5-8-12-22)31(25-19-28(38-2)33(40-4)29(20-25)39-3)32-26(35-21)17-24(18-27(32)36)23-13-9-6-10-14-23/h5-14,17,19-20,24,31-32,35H,15-16,18H2,1-4H3. The van der Waals surface area contributed by atoms with Crippen molar-refractivity contribution in [2.75, 3.05) is 27.9 Å². The van der Waals surface area contributed by atoms with Crippen LogP contribution in [0.5, 0.6) is 17.2 Å². The summed E-state index contributed by atoms with van der Waals surface area (Å²) < 4.78 is 22.6. The average molecular weight is 554 g/mol. The van der Waals surface area contributed by atoms with E-state index in [0.717, 1.165) is 16.8 Å². The maximum absolute atomic E-state index is 14.0. The maximum Gasteiger partial charge on any atom is 0.336 e. The molecule has 0 spiro atoms. The Morgan fingerprint density at radius 3 is 2.10 bits per heavy atom. The molecule has 1 aliphatic heterocycles. The number of benzene rings is 3. The van der Waals surface area contributed by atoms with E-state index in [-0.39, 0.29) is 18.3 Å². The van der Waals surface area contributed by atoms with E-state index in [9.17, 15) is 9.59 Å². The largest absolute Gasteiger partial charge is 0.493 e. The van der Waals surface area contributed by atoms with Crippen LogP contribution in [0.25, 0.3) is 0 Å². The summed E-state index contributed by atoms with van der Waals surface area (Å²) in [6, 6.07) is 23.5. The van der Waals surface area contributed by atoms with Crippen LogP contribution in [0, 0.1) is 5.92 Å². The molecule has 3 atom stereocenters. The first-order chi connectivity index (χ1) is 19.9. The summed E-state index contributed by atoms with van der Waals surface area (Å²) in [5.41, 5.74) is 4.71. The van der Waals surface area contributed by atoms with E-state index in [1.54, 1.807) is 21.3 Å². The number of ketones is 1. The number of hydrogen-bond donors (Lipinski definition) is 1. The van der Waals surface area contributed by atoms with Gasteiger partial charge in [0.25, 0.3) is 0 Å². The molecule has 3 aromatic rings. The second kappa shape index (κ2) is 12.3. The normalized spacial score (nSPS) is 20.0. The summed E-state index contributed by atoms with van der Waals surface area (Å²) in [5, 5.41) is 3.40. The van der Waals surface area contributed by atoms with Gasteiger partial charge >= 0.3 is 5.97 Å². The number of esters is 1. The molecule has 5 rings (SSSR count). The van der Waals surface area contributed by atoms with Crippen molar-refractivity contribution in [3.8, 4) is 17.2 Å². The maximum atomic E-state index is 14.0. The number of fused-ring (bicyclic) bond motifs is 1. The van der Waals surface area contributed by atoms with Gasteiger partial charge in [-0.15, -0.1) is 0 Å². The van der Waals surface area contributed by atoms with Gasteiger partial charge in [-0.05, 0) is 35.7 Å². The minimum absolute atomic E-state index is 0.0460. The molecule has 212 valence electrons. The molecular formula is C34H35NO6. The van der Waals surface area contributed by atoms with Gasteiger partial charge in [0.1, 0.15) is 5.78 Å². The van der Waals surface area contributed by atoms with Gasteiger partial charge in [-0.2, -0.15) is 0 Å². The lowest BCUT2D eigenvalue weighted by atomic mass is 9.68. The molecule has 7 nitrogen and oxygen atoms in total. The number of hydrogen-bond acceptors (Lipinski definition) is 7. The second-order valence-electron chi connectivity index (χ2n) is 10.3. The molecule has 0 radical (unpaired) electrons. The number of rotatable bonds is 9. The number of allylic oxidation sites excluding steroid dienone is 3. The van der Waals surface area contributed by atoms with Crippen LogP contribution < -0.4 is 19.5 Å². The summed E-state index contributed by atoms with van der Waals surface area (Å²) in [6.45, 7) is 2.07. The summed E-state index contributed by atoms with van der Waals surface area (Å²) in [7, 11) is 4.63. The highest BCUT2D eigenvalue weighted by Crippen LogP contribution is 2.49. The summed E-state index contributed by atoms with van der Waals surface area (Å²) >= 11 is 0. The van der Waals surface area contributed by atoms with Crippen molar-refractivity contribution in [1.82, 2.24) is 5.32 Å². The first-order valence-corrected chi connectivity index (χ1v) is 13.7. The first kappa shape index (κ1) is 28.0. The molecule has 0 fully saturated rings. The summed E-state index contributed by atoms with van der Waals surface area (Å²) in [4.78, 5) is 27.7. The highest BCUT2D eigenvalue weighted by molar-refractivity contribution is 5.96. The van der Waals surface area contributed by atoms with Gasteiger partial charge in [0.15, 0.2) is 11.5 Å². The molecule has 0 bridgehead atoms. The van der Waals surface area contributed by atoms with Crippen LogP contribution in [0.3, 0.4) is 0 Å². The van der Waals surface area contributed by atoms with Gasteiger partial charge in [0.05, 0.1) is 39.4 Å². The van der Waals surface area contributed by atoms with Crippen LogP contribution in [0.4, 0.5) is 0 Å². The molecule has 0 saturated carbocycles. The Morgan fingerprint density at radius 1 is 0.854 bits per heavy atom. The predicted molar refractivity (Wildman–Crippen MR) is 156 cm³/mol. The van der Waals surface area contributed by atoms with E-state index < -0.39 is 17.8 Å². The zero-order chi connectivity index (χ0) is 28.9. The molecule has 1 N–H and O–H groups in total. The first-order valence-electron chi connectivity index (χ1n) is 13.7. The number of carbonyl (C=O) groups is 2. The molecule has 3 aromatic carbocycles. The van der Waals surface area contributed by atoms with E-state index in [1.807, 2.05) is 79.7 Å². The van der Waals surface area contributed by atoms with Crippen molar-refractivity contribution in [3.63, 3.8) is 0 Å². The van der Waals surface area contributed by atoms with Crippen molar-refractivity contribution in [2.24, 2.45) is 5.92 Å². The lowest BCUT2D eigenvalue weighted by molar-refractivity contribution is -0.139. The quantitative estimate of drug-likeness (QED) is 0.340. The van der Waals surface area contributed by atoms with Crippen LogP contribution in [-0.4, -0.2) is 39.7 Å². The van der Waals surface area contributed by atoms with Gasteiger partial charge in [-0.1, -0.05) is 66.7 Å². The Kier molecular flexibility index (Phi) is 8.43. The number of carbonyl (C=O) groups excluding carboxylic acids is 2. The van der Waals surface area contributed by atoms with Gasteiger partial charge in [0.2, 0.25) is 5.75 Å². The number of methoxy groups -OCH3 is 3. The smallest absolute Gasteiger partial charge is 0.336 e. The van der Waals surface area contributed by atoms with Gasteiger partial charge in [-0.3, -0.25) is 4.79 Å². The average Bonchev–Trinajstić information content (AvgIpc) is 3.00. The van der Waals surface area contributed by atoms with Gasteiger partial charge in [0, 0.05) is 36.1 Å². The van der Waals surface area contributed by atoms with Crippen LogP contribution in [-0.2, 0) is 20.7 Å². The molecule has 7 heteroatoms. The topological polar surface area (TPSA) is 83.1 Å². The van der Waals surface area contributed by atoms with E-state index in [1.165, 1.54) is 0 Å². The molecule has 1 heterocycles. The third-order valence-corrected chi connectivity index (χ3v) is 7.82. The van der Waals surface area contributed by atoms with Gasteiger partial charge in [-0.25, -0.2) is 4.79 Å². The Morgan fingerprint density at radius 2 is 1.49 bits per heavy atom. The van der Waals surface area contributed by atoms with Crippen molar-refractivity contribution in [2.45, 2.75) is 31.6 Å². The lowest BCUT2D eigenvalue weighted by Gasteiger charge is -2.39. The molecular weight excluding hydrogens is 518 g/mol. The minimum Gasteiger partial charge on any atom is -0.493 e. The molecule has 3 unspecified atom stereocenters. The van der Waals surface area contributed by atoms with Crippen LogP contribution in [0.15, 0.2) is 95.8 Å². The monoisotopic (exact) mass is 553 g/mol.